The SMILES string of the molecule is Cc1cccc(OC[C@H](O)Cn2nc(C)cc2C)c1. The van der Waals surface area contributed by atoms with E-state index in [0.29, 0.717) is 6.54 Å². The van der Waals surface area contributed by atoms with E-state index in [1.54, 1.807) is 4.68 Å². The van der Waals surface area contributed by atoms with Gasteiger partial charge in [-0.3, -0.25) is 4.68 Å². The molecular formula is C15H20N2O2. The smallest absolute Gasteiger partial charge is 0.119 e. The van der Waals surface area contributed by atoms with E-state index in [-0.39, 0.29) is 6.61 Å². The third-order valence-corrected chi connectivity index (χ3v) is 2.92. The standard InChI is InChI=1S/C15H20N2O2/c1-11-5-4-6-15(7-11)19-10-14(18)9-17-13(3)8-12(2)16-17/h4-8,14,18H,9-10H2,1-3H3/t14-/m1/s1. The molecular weight excluding hydrogens is 240 g/mol. The van der Waals surface area contributed by atoms with Crippen LogP contribution in [0, 0.1) is 20.8 Å². The van der Waals surface area contributed by atoms with Crippen molar-refractivity contribution in [2.75, 3.05) is 6.61 Å². The fourth-order valence-corrected chi connectivity index (χ4v) is 2.01. The van der Waals surface area contributed by atoms with E-state index in [0.717, 1.165) is 22.7 Å². The third kappa shape index (κ3) is 3.83. The molecule has 1 aromatic carbocycles. The summed E-state index contributed by atoms with van der Waals surface area (Å²) >= 11 is 0. The maximum Gasteiger partial charge on any atom is 0.119 e. The van der Waals surface area contributed by atoms with Crippen molar-refractivity contribution in [2.24, 2.45) is 0 Å². The van der Waals surface area contributed by atoms with Gasteiger partial charge in [0.05, 0.1) is 12.2 Å². The summed E-state index contributed by atoms with van der Waals surface area (Å²) in [5.41, 5.74) is 3.15. The second-order valence-corrected chi connectivity index (χ2v) is 4.89. The normalized spacial score (nSPS) is 12.4. The van der Waals surface area contributed by atoms with Gasteiger partial charge in [-0.2, -0.15) is 5.10 Å². The van der Waals surface area contributed by atoms with Gasteiger partial charge in [-0.25, -0.2) is 0 Å². The van der Waals surface area contributed by atoms with Crippen LogP contribution in [0.25, 0.3) is 0 Å². The van der Waals surface area contributed by atoms with Crippen LogP contribution < -0.4 is 4.74 Å². The largest absolute Gasteiger partial charge is 0.491 e. The van der Waals surface area contributed by atoms with Gasteiger partial charge in [0.25, 0.3) is 0 Å². The lowest BCUT2D eigenvalue weighted by atomic mass is 10.2. The summed E-state index contributed by atoms with van der Waals surface area (Å²) in [5, 5.41) is 14.3. The Morgan fingerprint density at radius 2 is 2.05 bits per heavy atom. The Hall–Kier alpha value is -1.81. The summed E-state index contributed by atoms with van der Waals surface area (Å²) in [6.07, 6.45) is -0.571. The van der Waals surface area contributed by atoms with Gasteiger partial charge in [-0.05, 0) is 44.5 Å². The molecule has 2 aromatic rings. The van der Waals surface area contributed by atoms with Crippen molar-refractivity contribution in [3.63, 3.8) is 0 Å². The van der Waals surface area contributed by atoms with Crippen molar-refractivity contribution < 1.29 is 9.84 Å². The van der Waals surface area contributed by atoms with Crippen LogP contribution in [0.5, 0.6) is 5.75 Å². The van der Waals surface area contributed by atoms with Gasteiger partial charge < -0.3 is 9.84 Å². The highest BCUT2D eigenvalue weighted by molar-refractivity contribution is 5.27. The summed E-state index contributed by atoms with van der Waals surface area (Å²) in [6, 6.07) is 9.80. The Balaban J connectivity index is 1.88. The molecule has 0 radical (unpaired) electrons. The highest BCUT2D eigenvalue weighted by Gasteiger charge is 2.09. The maximum atomic E-state index is 9.98. The minimum absolute atomic E-state index is 0.266. The van der Waals surface area contributed by atoms with Crippen molar-refractivity contribution in [1.29, 1.82) is 0 Å². The van der Waals surface area contributed by atoms with Crippen LogP contribution in [0.3, 0.4) is 0 Å². The van der Waals surface area contributed by atoms with Crippen molar-refractivity contribution in [2.45, 2.75) is 33.4 Å². The van der Waals surface area contributed by atoms with Crippen LogP contribution in [0.4, 0.5) is 0 Å². The molecule has 1 atom stereocenters. The highest BCUT2D eigenvalue weighted by Crippen LogP contribution is 2.13. The first kappa shape index (κ1) is 13.6. The molecule has 0 saturated heterocycles. The van der Waals surface area contributed by atoms with Crippen LogP contribution in [0.2, 0.25) is 0 Å². The average Bonchev–Trinajstić information content (AvgIpc) is 2.65. The second kappa shape index (κ2) is 5.89. The Bertz CT molecular complexity index is 549. The number of benzene rings is 1. The molecule has 19 heavy (non-hydrogen) atoms. The Kier molecular flexibility index (Phi) is 4.22. The quantitative estimate of drug-likeness (QED) is 0.897. The number of aliphatic hydroxyl groups is 1. The van der Waals surface area contributed by atoms with Gasteiger partial charge in [-0.1, -0.05) is 12.1 Å². The predicted molar refractivity (Wildman–Crippen MR) is 74.4 cm³/mol. The molecule has 1 N–H and O–H groups in total. The Morgan fingerprint density at radius 3 is 2.68 bits per heavy atom. The molecule has 0 amide bonds. The van der Waals surface area contributed by atoms with Gasteiger partial charge >= 0.3 is 0 Å². The number of hydrogen-bond donors (Lipinski definition) is 1. The third-order valence-electron chi connectivity index (χ3n) is 2.92. The molecule has 1 heterocycles. The lowest BCUT2D eigenvalue weighted by Crippen LogP contribution is -2.24. The summed E-state index contributed by atoms with van der Waals surface area (Å²) in [4.78, 5) is 0. The van der Waals surface area contributed by atoms with E-state index in [4.69, 9.17) is 4.74 Å². The first-order chi connectivity index (χ1) is 9.04. The van der Waals surface area contributed by atoms with E-state index in [9.17, 15) is 5.11 Å². The molecule has 0 aliphatic rings. The molecule has 0 spiro atoms. The maximum absolute atomic E-state index is 9.98. The molecule has 0 aliphatic heterocycles. The number of aryl methyl sites for hydroxylation is 3. The summed E-state index contributed by atoms with van der Waals surface area (Å²) in [7, 11) is 0. The van der Waals surface area contributed by atoms with Crippen LogP contribution in [-0.2, 0) is 6.54 Å². The number of nitrogens with zero attached hydrogens (tertiary/aromatic N) is 2. The zero-order valence-corrected chi connectivity index (χ0v) is 11.6. The Morgan fingerprint density at radius 1 is 1.26 bits per heavy atom. The first-order valence-electron chi connectivity index (χ1n) is 6.43. The molecule has 0 fully saturated rings. The van der Waals surface area contributed by atoms with Crippen molar-refractivity contribution in [3.05, 3.63) is 47.3 Å². The van der Waals surface area contributed by atoms with E-state index in [2.05, 4.69) is 5.10 Å². The van der Waals surface area contributed by atoms with E-state index >= 15 is 0 Å². The van der Waals surface area contributed by atoms with Gasteiger partial charge in [0, 0.05) is 5.69 Å². The topological polar surface area (TPSA) is 47.3 Å². The van der Waals surface area contributed by atoms with E-state index in [1.807, 2.05) is 51.1 Å². The molecule has 2 rings (SSSR count). The molecule has 0 aliphatic carbocycles. The van der Waals surface area contributed by atoms with Gasteiger partial charge in [0.15, 0.2) is 0 Å². The van der Waals surface area contributed by atoms with E-state index in [1.165, 1.54) is 0 Å². The molecule has 0 unspecified atom stereocenters. The van der Waals surface area contributed by atoms with Crippen molar-refractivity contribution >= 4 is 0 Å². The zero-order chi connectivity index (χ0) is 13.8. The number of rotatable bonds is 5. The van der Waals surface area contributed by atoms with E-state index < -0.39 is 6.10 Å². The number of aromatic nitrogens is 2. The number of aliphatic hydroxyl groups excluding tert-OH is 1. The van der Waals surface area contributed by atoms with Crippen LogP contribution in [-0.4, -0.2) is 27.6 Å². The van der Waals surface area contributed by atoms with Gasteiger partial charge in [0.1, 0.15) is 18.5 Å². The lowest BCUT2D eigenvalue weighted by Gasteiger charge is -2.13. The minimum Gasteiger partial charge on any atom is -0.491 e. The molecule has 4 nitrogen and oxygen atoms in total. The molecule has 1 aromatic heterocycles. The van der Waals surface area contributed by atoms with Crippen LogP contribution >= 0.6 is 0 Å². The summed E-state index contributed by atoms with van der Waals surface area (Å²) < 4.78 is 7.38. The molecule has 0 bridgehead atoms. The molecule has 4 heteroatoms. The van der Waals surface area contributed by atoms with Crippen LogP contribution in [0.1, 0.15) is 17.0 Å². The highest BCUT2D eigenvalue weighted by atomic mass is 16.5. The fraction of sp³-hybridized carbons (Fsp3) is 0.400. The van der Waals surface area contributed by atoms with Gasteiger partial charge in [-0.15, -0.1) is 0 Å². The Labute approximate surface area is 113 Å². The number of hydrogen-bond acceptors (Lipinski definition) is 3. The second-order valence-electron chi connectivity index (χ2n) is 4.89. The lowest BCUT2D eigenvalue weighted by molar-refractivity contribution is 0.0887. The predicted octanol–water partition coefficient (Wildman–Crippen LogP) is 2.25. The summed E-state index contributed by atoms with van der Waals surface area (Å²) in [5.74, 6) is 0.785. The van der Waals surface area contributed by atoms with Crippen molar-refractivity contribution in [3.8, 4) is 5.75 Å². The van der Waals surface area contributed by atoms with Gasteiger partial charge in [0.2, 0.25) is 0 Å². The molecule has 102 valence electrons. The zero-order valence-electron chi connectivity index (χ0n) is 11.6. The molecule has 0 saturated carbocycles. The average molecular weight is 260 g/mol. The monoisotopic (exact) mass is 260 g/mol. The first-order valence-corrected chi connectivity index (χ1v) is 6.43. The summed E-state index contributed by atoms with van der Waals surface area (Å²) in [6.45, 7) is 6.65. The minimum atomic E-state index is -0.571. The van der Waals surface area contributed by atoms with Crippen molar-refractivity contribution in [1.82, 2.24) is 9.78 Å². The van der Waals surface area contributed by atoms with Crippen LogP contribution in [0.15, 0.2) is 30.3 Å². The fourth-order valence-electron chi connectivity index (χ4n) is 2.01. The number of ether oxygens (including phenoxy) is 1.